The molecule has 0 aliphatic rings. The van der Waals surface area contributed by atoms with E-state index in [1.165, 1.54) is 12.1 Å². The topological polar surface area (TPSA) is 49.3 Å². The summed E-state index contributed by atoms with van der Waals surface area (Å²) in [7, 11) is 0. The van der Waals surface area contributed by atoms with Crippen LogP contribution in [-0.4, -0.2) is 23.7 Å². The zero-order chi connectivity index (χ0) is 16.0. The highest BCUT2D eigenvalue weighted by atomic mass is 19.4. The van der Waals surface area contributed by atoms with Crippen LogP contribution in [0.4, 0.5) is 13.2 Å². The summed E-state index contributed by atoms with van der Waals surface area (Å²) >= 11 is 0. The van der Waals surface area contributed by atoms with Crippen LogP contribution in [0.25, 0.3) is 0 Å². The number of aliphatic hydroxyl groups is 1. The van der Waals surface area contributed by atoms with Gasteiger partial charge in [-0.3, -0.25) is 4.79 Å². The summed E-state index contributed by atoms with van der Waals surface area (Å²) in [6.07, 6.45) is -4.41. The maximum atomic E-state index is 12.4. The first-order chi connectivity index (χ1) is 9.68. The van der Waals surface area contributed by atoms with Crippen molar-refractivity contribution in [3.63, 3.8) is 0 Å². The van der Waals surface area contributed by atoms with Gasteiger partial charge in [0.1, 0.15) is 0 Å². The number of halogens is 3. The van der Waals surface area contributed by atoms with Crippen molar-refractivity contribution in [2.45, 2.75) is 39.0 Å². The lowest BCUT2D eigenvalue weighted by molar-refractivity contribution is -0.137. The number of hydrogen-bond acceptors (Lipinski definition) is 2. The lowest BCUT2D eigenvalue weighted by atomic mass is 10.1. The molecule has 0 bridgehead atoms. The molecule has 6 heteroatoms. The lowest BCUT2D eigenvalue weighted by Gasteiger charge is -2.14. The van der Waals surface area contributed by atoms with Crippen molar-refractivity contribution in [2.75, 3.05) is 6.54 Å². The van der Waals surface area contributed by atoms with Crippen molar-refractivity contribution in [3.05, 3.63) is 35.4 Å². The Morgan fingerprint density at radius 2 is 1.81 bits per heavy atom. The van der Waals surface area contributed by atoms with E-state index in [0.717, 1.165) is 12.1 Å². The highest BCUT2D eigenvalue weighted by Gasteiger charge is 2.29. The number of carbonyl (C=O) groups is 1. The summed E-state index contributed by atoms with van der Waals surface area (Å²) < 4.78 is 37.2. The van der Waals surface area contributed by atoms with Crippen molar-refractivity contribution < 1.29 is 23.1 Å². The first kappa shape index (κ1) is 17.5. The monoisotopic (exact) mass is 303 g/mol. The van der Waals surface area contributed by atoms with Crippen molar-refractivity contribution in [1.82, 2.24) is 5.32 Å². The molecule has 3 nitrogen and oxygen atoms in total. The fourth-order valence-corrected chi connectivity index (χ4v) is 1.92. The van der Waals surface area contributed by atoms with Crippen LogP contribution in [0.5, 0.6) is 0 Å². The molecular weight excluding hydrogens is 283 g/mol. The molecule has 1 aromatic carbocycles. The van der Waals surface area contributed by atoms with Crippen LogP contribution in [0, 0.1) is 5.92 Å². The highest BCUT2D eigenvalue weighted by Crippen LogP contribution is 2.29. The minimum Gasteiger partial charge on any atom is -0.391 e. The third-order valence-corrected chi connectivity index (χ3v) is 2.92. The van der Waals surface area contributed by atoms with Gasteiger partial charge in [0.15, 0.2) is 0 Å². The van der Waals surface area contributed by atoms with E-state index in [4.69, 9.17) is 0 Å². The van der Waals surface area contributed by atoms with E-state index in [1.807, 2.05) is 13.8 Å². The van der Waals surface area contributed by atoms with E-state index in [0.29, 0.717) is 17.9 Å². The largest absolute Gasteiger partial charge is 0.416 e. The highest BCUT2D eigenvalue weighted by molar-refractivity contribution is 5.78. The number of rotatable bonds is 6. The van der Waals surface area contributed by atoms with E-state index in [-0.39, 0.29) is 18.9 Å². The smallest absolute Gasteiger partial charge is 0.391 e. The van der Waals surface area contributed by atoms with Crippen molar-refractivity contribution in [2.24, 2.45) is 5.92 Å². The summed E-state index contributed by atoms with van der Waals surface area (Å²) in [4.78, 5) is 11.6. The first-order valence-corrected chi connectivity index (χ1v) is 6.79. The quantitative estimate of drug-likeness (QED) is 0.849. The number of hydrogen-bond donors (Lipinski definition) is 2. The number of alkyl halides is 3. The molecule has 0 aliphatic heterocycles. The Labute approximate surface area is 122 Å². The standard InChI is InChI=1S/C15H20F3NO2/c1-10(2)7-13(20)9-19-14(21)8-11-3-5-12(6-4-11)15(16,17)18/h3-6,10,13,20H,7-9H2,1-2H3,(H,19,21). The van der Waals surface area contributed by atoms with E-state index in [2.05, 4.69) is 5.32 Å². The minimum absolute atomic E-state index is 0.00741. The van der Waals surface area contributed by atoms with Gasteiger partial charge >= 0.3 is 6.18 Å². The van der Waals surface area contributed by atoms with Crippen LogP contribution in [-0.2, 0) is 17.4 Å². The van der Waals surface area contributed by atoms with Gasteiger partial charge in [0, 0.05) is 6.54 Å². The first-order valence-electron chi connectivity index (χ1n) is 6.79. The van der Waals surface area contributed by atoms with Gasteiger partial charge in [-0.15, -0.1) is 0 Å². The molecule has 1 rings (SSSR count). The summed E-state index contributed by atoms with van der Waals surface area (Å²) in [6.45, 7) is 4.08. The van der Waals surface area contributed by atoms with Gasteiger partial charge in [-0.1, -0.05) is 26.0 Å². The van der Waals surface area contributed by atoms with Crippen LogP contribution < -0.4 is 5.32 Å². The van der Waals surface area contributed by atoms with Crippen LogP contribution in [0.2, 0.25) is 0 Å². The molecule has 0 fully saturated rings. The predicted molar refractivity (Wildman–Crippen MR) is 73.6 cm³/mol. The predicted octanol–water partition coefficient (Wildman–Crippen LogP) is 2.77. The molecule has 1 unspecified atom stereocenters. The molecule has 118 valence electrons. The van der Waals surface area contributed by atoms with Gasteiger partial charge in [-0.25, -0.2) is 0 Å². The summed E-state index contributed by atoms with van der Waals surface area (Å²) in [5, 5.41) is 12.2. The second-order valence-corrected chi connectivity index (χ2v) is 5.46. The zero-order valence-corrected chi connectivity index (χ0v) is 12.1. The third-order valence-electron chi connectivity index (χ3n) is 2.92. The summed E-state index contributed by atoms with van der Waals surface area (Å²) in [6, 6.07) is 4.48. The zero-order valence-electron chi connectivity index (χ0n) is 12.1. The molecule has 0 aromatic heterocycles. The van der Waals surface area contributed by atoms with Crippen LogP contribution >= 0.6 is 0 Å². The van der Waals surface area contributed by atoms with Gasteiger partial charge in [-0.2, -0.15) is 13.2 Å². The number of nitrogens with one attached hydrogen (secondary N) is 1. The second kappa shape index (κ2) is 7.45. The molecule has 1 amide bonds. The molecular formula is C15H20F3NO2. The Hall–Kier alpha value is -1.56. The molecule has 0 heterocycles. The molecule has 0 radical (unpaired) electrons. The molecule has 0 saturated heterocycles. The number of amides is 1. The normalized spacial score (nSPS) is 13.3. The van der Waals surface area contributed by atoms with Crippen LogP contribution in [0.3, 0.4) is 0 Å². The van der Waals surface area contributed by atoms with Crippen molar-refractivity contribution in [1.29, 1.82) is 0 Å². The van der Waals surface area contributed by atoms with Crippen molar-refractivity contribution >= 4 is 5.91 Å². The number of benzene rings is 1. The van der Waals surface area contributed by atoms with Crippen LogP contribution in [0.1, 0.15) is 31.4 Å². The Morgan fingerprint density at radius 3 is 2.29 bits per heavy atom. The van der Waals surface area contributed by atoms with E-state index >= 15 is 0 Å². The number of aliphatic hydroxyl groups excluding tert-OH is 1. The summed E-state index contributed by atoms with van der Waals surface area (Å²) in [5.74, 6) is 0.00406. The molecule has 0 saturated carbocycles. The average Bonchev–Trinajstić information content (AvgIpc) is 2.35. The van der Waals surface area contributed by atoms with Gasteiger partial charge in [0.2, 0.25) is 5.91 Å². The van der Waals surface area contributed by atoms with Gasteiger partial charge in [0.25, 0.3) is 0 Å². The maximum absolute atomic E-state index is 12.4. The maximum Gasteiger partial charge on any atom is 0.416 e. The lowest BCUT2D eigenvalue weighted by Crippen LogP contribution is -2.33. The average molecular weight is 303 g/mol. The Morgan fingerprint density at radius 1 is 1.24 bits per heavy atom. The Kier molecular flexibility index (Phi) is 6.20. The fraction of sp³-hybridized carbons (Fsp3) is 0.533. The van der Waals surface area contributed by atoms with E-state index in [9.17, 15) is 23.1 Å². The van der Waals surface area contributed by atoms with Gasteiger partial charge in [0.05, 0.1) is 18.1 Å². The molecule has 1 aromatic rings. The van der Waals surface area contributed by atoms with Crippen LogP contribution in [0.15, 0.2) is 24.3 Å². The second-order valence-electron chi connectivity index (χ2n) is 5.46. The van der Waals surface area contributed by atoms with E-state index < -0.39 is 17.8 Å². The third kappa shape index (κ3) is 6.62. The Bertz CT molecular complexity index is 455. The van der Waals surface area contributed by atoms with Crippen molar-refractivity contribution in [3.8, 4) is 0 Å². The molecule has 0 aliphatic carbocycles. The van der Waals surface area contributed by atoms with Gasteiger partial charge in [-0.05, 0) is 30.0 Å². The number of carbonyl (C=O) groups excluding carboxylic acids is 1. The SMILES string of the molecule is CC(C)CC(O)CNC(=O)Cc1ccc(C(F)(F)F)cc1. The van der Waals surface area contributed by atoms with Gasteiger partial charge < -0.3 is 10.4 Å². The molecule has 2 N–H and O–H groups in total. The fourth-order valence-electron chi connectivity index (χ4n) is 1.92. The Balaban J connectivity index is 2.45. The molecule has 0 spiro atoms. The van der Waals surface area contributed by atoms with E-state index in [1.54, 1.807) is 0 Å². The molecule has 1 atom stereocenters. The molecule has 21 heavy (non-hydrogen) atoms. The minimum atomic E-state index is -4.37. The summed E-state index contributed by atoms with van der Waals surface area (Å²) in [5.41, 5.74) is -0.238.